The van der Waals surface area contributed by atoms with Crippen LogP contribution in [0.3, 0.4) is 0 Å². The molecule has 92 valence electrons. The third-order valence-electron chi connectivity index (χ3n) is 3.62. The third-order valence-corrected chi connectivity index (χ3v) is 3.62. The molecule has 1 amide bonds. The van der Waals surface area contributed by atoms with E-state index in [4.69, 9.17) is 5.73 Å². The Kier molecular flexibility index (Phi) is 3.48. The summed E-state index contributed by atoms with van der Waals surface area (Å²) < 4.78 is 0. The monoisotopic (exact) mass is 232 g/mol. The lowest BCUT2D eigenvalue weighted by atomic mass is 9.90. The van der Waals surface area contributed by atoms with Crippen molar-refractivity contribution in [2.75, 3.05) is 11.9 Å². The minimum atomic E-state index is 0.134. The first-order chi connectivity index (χ1) is 8.13. The minimum absolute atomic E-state index is 0.134. The van der Waals surface area contributed by atoms with E-state index in [0.29, 0.717) is 6.42 Å². The topological polar surface area (TPSA) is 55.1 Å². The second kappa shape index (κ2) is 4.88. The van der Waals surface area contributed by atoms with Gasteiger partial charge in [-0.15, -0.1) is 0 Å². The predicted molar refractivity (Wildman–Crippen MR) is 70.2 cm³/mol. The predicted octanol–water partition coefficient (Wildman–Crippen LogP) is 2.08. The van der Waals surface area contributed by atoms with Crippen LogP contribution in [0.25, 0.3) is 0 Å². The number of amides is 1. The molecule has 0 fully saturated rings. The molecule has 1 aromatic rings. The Balaban J connectivity index is 2.39. The first kappa shape index (κ1) is 12.1. The fourth-order valence-electron chi connectivity index (χ4n) is 2.43. The van der Waals surface area contributed by atoms with Gasteiger partial charge in [-0.2, -0.15) is 0 Å². The Bertz CT molecular complexity index is 452. The van der Waals surface area contributed by atoms with Gasteiger partial charge in [-0.25, -0.2) is 0 Å². The molecule has 0 aromatic heterocycles. The van der Waals surface area contributed by atoms with E-state index in [9.17, 15) is 4.79 Å². The lowest BCUT2D eigenvalue weighted by molar-refractivity contribution is -0.116. The molecule has 17 heavy (non-hydrogen) atoms. The van der Waals surface area contributed by atoms with Crippen LogP contribution < -0.4 is 11.1 Å². The molecular weight excluding hydrogens is 212 g/mol. The number of carbonyl (C=O) groups excluding carboxylic acids is 1. The number of aryl methyl sites for hydroxylation is 2. The summed E-state index contributed by atoms with van der Waals surface area (Å²) in [4.78, 5) is 11.4. The van der Waals surface area contributed by atoms with Gasteiger partial charge in [0.1, 0.15) is 0 Å². The Morgan fingerprint density at radius 1 is 1.29 bits per heavy atom. The first-order valence-corrected chi connectivity index (χ1v) is 6.25. The molecule has 0 saturated heterocycles. The van der Waals surface area contributed by atoms with Crippen molar-refractivity contribution in [2.24, 2.45) is 5.73 Å². The van der Waals surface area contributed by atoms with E-state index in [0.717, 1.165) is 31.5 Å². The summed E-state index contributed by atoms with van der Waals surface area (Å²) in [5.74, 6) is 0.134. The quantitative estimate of drug-likeness (QED) is 0.838. The number of benzene rings is 1. The van der Waals surface area contributed by atoms with Crippen molar-refractivity contribution in [3.63, 3.8) is 0 Å². The maximum Gasteiger partial charge on any atom is 0.224 e. The number of nitrogens with two attached hydrogens (primary N) is 1. The molecule has 0 bridgehead atoms. The number of fused-ring (bicyclic) bond motifs is 1. The lowest BCUT2D eigenvalue weighted by Gasteiger charge is -2.22. The summed E-state index contributed by atoms with van der Waals surface area (Å²) in [6.45, 7) is 4.94. The van der Waals surface area contributed by atoms with Crippen LogP contribution >= 0.6 is 0 Å². The molecule has 3 nitrogen and oxygen atoms in total. The molecule has 0 unspecified atom stereocenters. The highest BCUT2D eigenvalue weighted by molar-refractivity contribution is 5.95. The number of rotatable bonds is 3. The van der Waals surface area contributed by atoms with Crippen molar-refractivity contribution >= 4 is 11.6 Å². The highest BCUT2D eigenvalue weighted by atomic mass is 16.1. The van der Waals surface area contributed by atoms with Crippen molar-refractivity contribution in [3.8, 4) is 0 Å². The largest absolute Gasteiger partial charge is 0.330 e. The molecule has 0 radical (unpaired) electrons. The normalized spacial score (nSPS) is 14.4. The Hall–Kier alpha value is -1.35. The van der Waals surface area contributed by atoms with Gasteiger partial charge in [0.15, 0.2) is 0 Å². The third kappa shape index (κ3) is 2.34. The molecular formula is C14H20N2O. The van der Waals surface area contributed by atoms with Gasteiger partial charge >= 0.3 is 0 Å². The second-order valence-corrected chi connectivity index (χ2v) is 4.76. The summed E-state index contributed by atoms with van der Waals surface area (Å²) in [6.07, 6.45) is 3.51. The smallest absolute Gasteiger partial charge is 0.224 e. The standard InChI is InChI=1S/C14H20N2O/c1-9-10(2)14-12(5-6-13(17)16-14)8-11(9)4-3-7-15/h8H,3-7,15H2,1-2H3,(H,16,17). The highest BCUT2D eigenvalue weighted by Crippen LogP contribution is 2.31. The van der Waals surface area contributed by atoms with E-state index in [1.165, 1.54) is 22.3 Å². The van der Waals surface area contributed by atoms with Crippen molar-refractivity contribution in [1.82, 2.24) is 0 Å². The number of nitrogens with one attached hydrogen (secondary N) is 1. The average molecular weight is 232 g/mol. The van der Waals surface area contributed by atoms with Crippen LogP contribution in [0.2, 0.25) is 0 Å². The summed E-state index contributed by atoms with van der Waals surface area (Å²) in [6, 6.07) is 2.24. The van der Waals surface area contributed by atoms with Crippen LogP contribution in [0, 0.1) is 13.8 Å². The molecule has 0 saturated carbocycles. The number of hydrogen-bond acceptors (Lipinski definition) is 2. The summed E-state index contributed by atoms with van der Waals surface area (Å²) in [7, 11) is 0. The van der Waals surface area contributed by atoms with E-state index in [1.54, 1.807) is 0 Å². The fourth-order valence-corrected chi connectivity index (χ4v) is 2.43. The van der Waals surface area contributed by atoms with Gasteiger partial charge in [-0.3, -0.25) is 4.79 Å². The van der Waals surface area contributed by atoms with Gasteiger partial charge in [0, 0.05) is 12.1 Å². The van der Waals surface area contributed by atoms with Crippen LogP contribution in [0.4, 0.5) is 5.69 Å². The zero-order valence-electron chi connectivity index (χ0n) is 10.6. The van der Waals surface area contributed by atoms with Crippen molar-refractivity contribution < 1.29 is 4.79 Å². The van der Waals surface area contributed by atoms with E-state index in [-0.39, 0.29) is 5.91 Å². The van der Waals surface area contributed by atoms with Gasteiger partial charge < -0.3 is 11.1 Å². The van der Waals surface area contributed by atoms with Crippen LogP contribution in [0.5, 0.6) is 0 Å². The Morgan fingerprint density at radius 3 is 2.76 bits per heavy atom. The molecule has 1 heterocycles. The molecule has 1 aliphatic heterocycles. The van der Waals surface area contributed by atoms with Crippen molar-refractivity contribution in [2.45, 2.75) is 39.5 Å². The van der Waals surface area contributed by atoms with Gasteiger partial charge in [-0.1, -0.05) is 6.07 Å². The molecule has 0 aliphatic carbocycles. The summed E-state index contributed by atoms with van der Waals surface area (Å²) in [5, 5.41) is 2.99. The maximum atomic E-state index is 11.4. The highest BCUT2D eigenvalue weighted by Gasteiger charge is 2.19. The molecule has 0 spiro atoms. The van der Waals surface area contributed by atoms with Crippen LogP contribution in [0.15, 0.2) is 6.07 Å². The van der Waals surface area contributed by atoms with Gasteiger partial charge in [0.25, 0.3) is 0 Å². The van der Waals surface area contributed by atoms with Crippen molar-refractivity contribution in [1.29, 1.82) is 0 Å². The lowest BCUT2D eigenvalue weighted by Crippen LogP contribution is -2.21. The van der Waals surface area contributed by atoms with E-state index >= 15 is 0 Å². The summed E-state index contributed by atoms with van der Waals surface area (Å²) in [5.41, 5.74) is 11.8. The zero-order chi connectivity index (χ0) is 12.4. The van der Waals surface area contributed by atoms with Crippen LogP contribution in [-0.2, 0) is 17.6 Å². The molecule has 2 rings (SSSR count). The number of carbonyl (C=O) groups is 1. The van der Waals surface area contributed by atoms with Crippen molar-refractivity contribution in [3.05, 3.63) is 28.3 Å². The molecule has 1 aliphatic rings. The SMILES string of the molecule is Cc1c(CCCN)cc2c(c1C)NC(=O)CC2. The summed E-state index contributed by atoms with van der Waals surface area (Å²) >= 11 is 0. The molecule has 1 aromatic carbocycles. The maximum absolute atomic E-state index is 11.4. The minimum Gasteiger partial charge on any atom is -0.330 e. The number of hydrogen-bond donors (Lipinski definition) is 2. The zero-order valence-corrected chi connectivity index (χ0v) is 10.6. The average Bonchev–Trinajstić information content (AvgIpc) is 2.33. The molecule has 0 atom stereocenters. The van der Waals surface area contributed by atoms with Crippen LogP contribution in [-0.4, -0.2) is 12.5 Å². The second-order valence-electron chi connectivity index (χ2n) is 4.76. The molecule has 3 N–H and O–H groups in total. The Morgan fingerprint density at radius 2 is 2.06 bits per heavy atom. The van der Waals surface area contributed by atoms with Gasteiger partial charge in [0.05, 0.1) is 0 Å². The first-order valence-electron chi connectivity index (χ1n) is 6.25. The van der Waals surface area contributed by atoms with E-state index < -0.39 is 0 Å². The van der Waals surface area contributed by atoms with E-state index in [1.807, 2.05) is 0 Å². The fraction of sp³-hybridized carbons (Fsp3) is 0.500. The Labute approximate surface area is 102 Å². The number of anilines is 1. The van der Waals surface area contributed by atoms with Gasteiger partial charge in [-0.05, 0) is 61.9 Å². The molecule has 3 heteroatoms. The van der Waals surface area contributed by atoms with Crippen LogP contribution in [0.1, 0.15) is 35.1 Å². The van der Waals surface area contributed by atoms with Gasteiger partial charge in [0.2, 0.25) is 5.91 Å². The van der Waals surface area contributed by atoms with E-state index in [2.05, 4.69) is 25.2 Å².